The number of aromatic nitrogens is 3. The zero-order valence-electron chi connectivity index (χ0n) is 16.1. The second-order valence-corrected chi connectivity index (χ2v) is 6.67. The molecule has 29 heavy (non-hydrogen) atoms. The molecule has 1 aliphatic heterocycles. The van der Waals surface area contributed by atoms with Crippen LogP contribution in [0.2, 0.25) is 0 Å². The largest absolute Gasteiger partial charge is 0.477 e. The van der Waals surface area contributed by atoms with Crippen LogP contribution in [0.4, 0.5) is 0 Å². The first-order chi connectivity index (χ1) is 14.1. The van der Waals surface area contributed by atoms with Crippen LogP contribution in [0.15, 0.2) is 36.5 Å². The highest BCUT2D eigenvalue weighted by Crippen LogP contribution is 2.31. The second kappa shape index (κ2) is 8.46. The van der Waals surface area contributed by atoms with Crippen LogP contribution in [-0.4, -0.2) is 70.0 Å². The molecule has 0 radical (unpaired) electrons. The summed E-state index contributed by atoms with van der Waals surface area (Å²) in [4.78, 5) is 22.1. The first kappa shape index (κ1) is 19.2. The number of rotatable bonds is 7. The summed E-state index contributed by atoms with van der Waals surface area (Å²) in [6.45, 7) is 4.53. The molecule has 1 N–H and O–H groups in total. The third-order valence-electron chi connectivity index (χ3n) is 4.80. The molecule has 3 heterocycles. The molecular weight excluding hydrogens is 376 g/mol. The lowest BCUT2D eigenvalue weighted by molar-refractivity contribution is 0.0317. The van der Waals surface area contributed by atoms with Gasteiger partial charge in [-0.2, -0.15) is 4.98 Å². The van der Waals surface area contributed by atoms with Gasteiger partial charge in [0.1, 0.15) is 12.3 Å². The number of nitrogens with zero attached hydrogens (tertiary/aromatic N) is 4. The number of ether oxygens (including phenoxy) is 3. The van der Waals surface area contributed by atoms with E-state index in [4.69, 9.17) is 14.2 Å². The van der Waals surface area contributed by atoms with Crippen molar-refractivity contribution in [2.75, 3.05) is 39.5 Å². The Morgan fingerprint density at radius 2 is 2.10 bits per heavy atom. The van der Waals surface area contributed by atoms with Gasteiger partial charge >= 0.3 is 12.0 Å². The minimum Gasteiger partial charge on any atom is -0.477 e. The number of morpholine rings is 1. The maximum absolute atomic E-state index is 11.4. The van der Waals surface area contributed by atoms with Crippen LogP contribution >= 0.6 is 0 Å². The normalized spacial score (nSPS) is 14.8. The number of aryl methyl sites for hydroxylation is 1. The number of hydrogen-bond acceptors (Lipinski definition) is 7. The Bertz CT molecular complexity index is 1010. The molecule has 0 spiro atoms. The van der Waals surface area contributed by atoms with Gasteiger partial charge in [-0.1, -0.05) is 12.1 Å². The van der Waals surface area contributed by atoms with Gasteiger partial charge < -0.3 is 23.9 Å². The highest BCUT2D eigenvalue weighted by Gasteiger charge is 2.16. The molecule has 1 aromatic carbocycles. The van der Waals surface area contributed by atoms with Crippen LogP contribution in [0.25, 0.3) is 10.9 Å². The molecular formula is C20H22N4O5. The summed E-state index contributed by atoms with van der Waals surface area (Å²) in [6.07, 6.45) is 1.57. The molecule has 3 aromatic rings. The Morgan fingerprint density at radius 1 is 1.28 bits per heavy atom. The third kappa shape index (κ3) is 4.30. The summed E-state index contributed by atoms with van der Waals surface area (Å²) in [7, 11) is 1.69. The van der Waals surface area contributed by atoms with E-state index in [9.17, 15) is 9.90 Å². The number of aromatic carboxylic acids is 1. The number of carbonyl (C=O) groups is 1. The Kier molecular flexibility index (Phi) is 5.59. The van der Waals surface area contributed by atoms with Crippen molar-refractivity contribution < 1.29 is 24.1 Å². The monoisotopic (exact) mass is 398 g/mol. The quantitative estimate of drug-likeness (QED) is 0.647. The average molecular weight is 398 g/mol. The van der Waals surface area contributed by atoms with Crippen LogP contribution in [0.3, 0.4) is 0 Å². The highest BCUT2D eigenvalue weighted by atomic mass is 16.5. The van der Waals surface area contributed by atoms with Crippen LogP contribution < -0.4 is 9.47 Å². The average Bonchev–Trinajstić information content (AvgIpc) is 3.07. The van der Waals surface area contributed by atoms with E-state index < -0.39 is 5.97 Å². The first-order valence-electron chi connectivity index (χ1n) is 9.37. The lowest BCUT2D eigenvalue weighted by atomic mass is 10.2. The van der Waals surface area contributed by atoms with Gasteiger partial charge in [0.25, 0.3) is 0 Å². The molecule has 0 unspecified atom stereocenters. The summed E-state index contributed by atoms with van der Waals surface area (Å²) >= 11 is 0. The molecule has 0 amide bonds. The predicted molar refractivity (Wildman–Crippen MR) is 105 cm³/mol. The van der Waals surface area contributed by atoms with Gasteiger partial charge in [0.05, 0.1) is 18.7 Å². The number of fused-ring (bicyclic) bond motifs is 1. The molecule has 1 aliphatic rings. The summed E-state index contributed by atoms with van der Waals surface area (Å²) in [5, 5.41) is 10.1. The van der Waals surface area contributed by atoms with E-state index >= 15 is 0 Å². The van der Waals surface area contributed by atoms with Crippen LogP contribution in [0.1, 0.15) is 10.5 Å². The van der Waals surface area contributed by atoms with Gasteiger partial charge in [-0.05, 0) is 12.1 Å². The predicted octanol–water partition coefficient (Wildman–Crippen LogP) is 2.17. The number of carboxylic acid groups (broad SMARTS) is 1. The standard InChI is InChI=1S/C20H22N4O5/c1-23-15(19(25)26)13-14-3-2-4-16(18(14)23)29-17-5-6-21-20(22-17)28-12-9-24-7-10-27-11-8-24/h2-6,13H,7-12H2,1H3,(H,25,26). The van der Waals surface area contributed by atoms with Crippen molar-refractivity contribution in [3.05, 3.63) is 42.2 Å². The lowest BCUT2D eigenvalue weighted by Crippen LogP contribution is -2.38. The van der Waals surface area contributed by atoms with Crippen molar-refractivity contribution in [1.29, 1.82) is 0 Å². The highest BCUT2D eigenvalue weighted by molar-refractivity contribution is 5.96. The number of carboxylic acids is 1. The Morgan fingerprint density at radius 3 is 2.90 bits per heavy atom. The van der Waals surface area contributed by atoms with E-state index in [1.54, 1.807) is 36.0 Å². The number of hydrogen-bond donors (Lipinski definition) is 1. The van der Waals surface area contributed by atoms with Crippen molar-refractivity contribution in [2.45, 2.75) is 0 Å². The number of para-hydroxylation sites is 1. The van der Waals surface area contributed by atoms with Crippen molar-refractivity contribution in [1.82, 2.24) is 19.4 Å². The molecule has 0 aliphatic carbocycles. The van der Waals surface area contributed by atoms with Gasteiger partial charge in [0.15, 0.2) is 5.75 Å². The topological polar surface area (TPSA) is 98.9 Å². The minimum absolute atomic E-state index is 0.186. The molecule has 0 bridgehead atoms. The fraction of sp³-hybridized carbons (Fsp3) is 0.350. The van der Waals surface area contributed by atoms with Gasteiger partial charge in [-0.3, -0.25) is 4.90 Å². The Hall–Kier alpha value is -3.17. The molecule has 2 aromatic heterocycles. The fourth-order valence-corrected chi connectivity index (χ4v) is 3.32. The van der Waals surface area contributed by atoms with Crippen molar-refractivity contribution in [3.63, 3.8) is 0 Å². The molecule has 9 heteroatoms. The SMILES string of the molecule is Cn1c(C(=O)O)cc2cccc(Oc3ccnc(OCCN4CCOCC4)n3)c21. The van der Waals surface area contributed by atoms with E-state index in [2.05, 4.69) is 14.9 Å². The lowest BCUT2D eigenvalue weighted by Gasteiger charge is -2.26. The zero-order chi connectivity index (χ0) is 20.2. The van der Waals surface area contributed by atoms with E-state index in [1.165, 1.54) is 0 Å². The molecule has 1 fully saturated rings. The maximum Gasteiger partial charge on any atom is 0.352 e. The molecule has 1 saturated heterocycles. The van der Waals surface area contributed by atoms with Crippen molar-refractivity contribution in [2.24, 2.45) is 7.05 Å². The first-order valence-corrected chi connectivity index (χ1v) is 9.37. The Balaban J connectivity index is 1.47. The third-order valence-corrected chi connectivity index (χ3v) is 4.80. The molecule has 0 atom stereocenters. The summed E-state index contributed by atoms with van der Waals surface area (Å²) in [5.74, 6) is -0.157. The minimum atomic E-state index is -0.993. The van der Waals surface area contributed by atoms with E-state index in [0.717, 1.165) is 38.2 Å². The molecule has 0 saturated carbocycles. The van der Waals surface area contributed by atoms with Gasteiger partial charge in [0, 0.05) is 44.3 Å². The maximum atomic E-state index is 11.4. The van der Waals surface area contributed by atoms with E-state index in [1.807, 2.05) is 12.1 Å². The summed E-state index contributed by atoms with van der Waals surface area (Å²) in [5.41, 5.74) is 0.865. The van der Waals surface area contributed by atoms with Gasteiger partial charge in [0.2, 0.25) is 5.88 Å². The van der Waals surface area contributed by atoms with Crippen LogP contribution in [-0.2, 0) is 11.8 Å². The zero-order valence-corrected chi connectivity index (χ0v) is 16.1. The van der Waals surface area contributed by atoms with Crippen molar-refractivity contribution >= 4 is 16.9 Å². The van der Waals surface area contributed by atoms with Crippen LogP contribution in [0, 0.1) is 0 Å². The van der Waals surface area contributed by atoms with Crippen LogP contribution in [0.5, 0.6) is 17.6 Å². The van der Waals surface area contributed by atoms with E-state index in [-0.39, 0.29) is 11.7 Å². The fourth-order valence-electron chi connectivity index (χ4n) is 3.32. The van der Waals surface area contributed by atoms with Gasteiger partial charge in [-0.15, -0.1) is 0 Å². The molecule has 9 nitrogen and oxygen atoms in total. The van der Waals surface area contributed by atoms with Gasteiger partial charge in [-0.25, -0.2) is 9.78 Å². The van der Waals surface area contributed by atoms with E-state index in [0.29, 0.717) is 23.8 Å². The Labute approximate surface area is 167 Å². The number of benzene rings is 1. The molecule has 4 rings (SSSR count). The smallest absolute Gasteiger partial charge is 0.352 e. The summed E-state index contributed by atoms with van der Waals surface area (Å²) < 4.78 is 18.5. The second-order valence-electron chi connectivity index (χ2n) is 6.67. The molecule has 152 valence electrons. The summed E-state index contributed by atoms with van der Waals surface area (Å²) in [6, 6.07) is 8.91. The van der Waals surface area contributed by atoms with Crippen molar-refractivity contribution in [3.8, 4) is 17.6 Å².